The van der Waals surface area contributed by atoms with Crippen molar-refractivity contribution in [3.8, 4) is 5.75 Å². The Balaban J connectivity index is 1.35. The van der Waals surface area contributed by atoms with Gasteiger partial charge in [-0.05, 0) is 48.6 Å². The standard InChI is InChI=1S/C21H24N4O2/c26-21(19-10-5-11-25-15-23-24-20(19)25)22-13-17-8-4-9-18(12-17)27-14-16-6-2-1-3-7-16/h4-5,8-12,15-16H,1-3,6-7,13-14H2,(H,22,26). The molecule has 1 aromatic carbocycles. The van der Waals surface area contributed by atoms with Crippen LogP contribution in [0.1, 0.15) is 48.0 Å². The van der Waals surface area contributed by atoms with Gasteiger partial charge in [-0.2, -0.15) is 0 Å². The molecular weight excluding hydrogens is 340 g/mol. The van der Waals surface area contributed by atoms with Crippen molar-refractivity contribution in [2.45, 2.75) is 38.6 Å². The highest BCUT2D eigenvalue weighted by atomic mass is 16.5. The average molecular weight is 364 g/mol. The monoisotopic (exact) mass is 364 g/mol. The minimum Gasteiger partial charge on any atom is -0.493 e. The van der Waals surface area contributed by atoms with Crippen LogP contribution < -0.4 is 10.1 Å². The van der Waals surface area contributed by atoms with E-state index in [4.69, 9.17) is 4.74 Å². The van der Waals surface area contributed by atoms with Gasteiger partial charge in [-0.15, -0.1) is 10.2 Å². The number of ether oxygens (including phenoxy) is 1. The van der Waals surface area contributed by atoms with Gasteiger partial charge in [0, 0.05) is 12.7 Å². The summed E-state index contributed by atoms with van der Waals surface area (Å²) in [6.07, 6.45) is 9.93. The molecule has 1 saturated carbocycles. The summed E-state index contributed by atoms with van der Waals surface area (Å²) in [4.78, 5) is 12.5. The normalized spacial score (nSPS) is 15.0. The molecule has 0 spiro atoms. The van der Waals surface area contributed by atoms with E-state index in [-0.39, 0.29) is 5.91 Å². The summed E-state index contributed by atoms with van der Waals surface area (Å²) in [5, 5.41) is 10.8. The molecule has 6 heteroatoms. The van der Waals surface area contributed by atoms with Gasteiger partial charge in [0.05, 0.1) is 12.2 Å². The van der Waals surface area contributed by atoms with E-state index in [1.165, 1.54) is 32.1 Å². The Kier molecular flexibility index (Phi) is 5.32. The predicted octanol–water partition coefficient (Wildman–Crippen LogP) is 3.62. The Bertz CT molecular complexity index is 915. The number of amides is 1. The Hall–Kier alpha value is -2.89. The van der Waals surface area contributed by atoms with E-state index < -0.39 is 0 Å². The number of rotatable bonds is 6. The zero-order valence-electron chi connectivity index (χ0n) is 15.3. The van der Waals surface area contributed by atoms with Crippen LogP contribution in [0.5, 0.6) is 5.75 Å². The molecule has 1 N–H and O–H groups in total. The quantitative estimate of drug-likeness (QED) is 0.725. The summed E-state index contributed by atoms with van der Waals surface area (Å²) < 4.78 is 7.72. The number of carbonyl (C=O) groups is 1. The van der Waals surface area contributed by atoms with Gasteiger partial charge in [0.2, 0.25) is 0 Å². The summed E-state index contributed by atoms with van der Waals surface area (Å²) in [5.74, 6) is 1.37. The smallest absolute Gasteiger partial charge is 0.255 e. The maximum absolute atomic E-state index is 12.5. The van der Waals surface area contributed by atoms with Gasteiger partial charge in [-0.1, -0.05) is 31.4 Å². The molecule has 2 heterocycles. The molecule has 1 aliphatic rings. The van der Waals surface area contributed by atoms with Gasteiger partial charge >= 0.3 is 0 Å². The van der Waals surface area contributed by atoms with E-state index in [9.17, 15) is 4.79 Å². The molecule has 0 atom stereocenters. The Labute approximate surface area is 158 Å². The van der Waals surface area contributed by atoms with E-state index >= 15 is 0 Å². The molecule has 1 aliphatic carbocycles. The third kappa shape index (κ3) is 4.27. The summed E-state index contributed by atoms with van der Waals surface area (Å²) >= 11 is 0. The molecule has 4 rings (SSSR count). The first-order valence-corrected chi connectivity index (χ1v) is 9.58. The van der Waals surface area contributed by atoms with Crippen LogP contribution in [0.25, 0.3) is 5.65 Å². The first-order chi connectivity index (χ1) is 13.3. The molecule has 0 radical (unpaired) electrons. The highest BCUT2D eigenvalue weighted by Crippen LogP contribution is 2.25. The number of hydrogen-bond donors (Lipinski definition) is 1. The van der Waals surface area contributed by atoms with E-state index in [1.807, 2.05) is 36.5 Å². The molecule has 1 fully saturated rings. The maximum Gasteiger partial charge on any atom is 0.255 e. The highest BCUT2D eigenvalue weighted by Gasteiger charge is 2.14. The maximum atomic E-state index is 12.5. The van der Waals surface area contributed by atoms with E-state index in [0.29, 0.717) is 23.7 Å². The van der Waals surface area contributed by atoms with Crippen LogP contribution in [0, 0.1) is 5.92 Å². The number of nitrogens with one attached hydrogen (secondary N) is 1. The number of pyridine rings is 1. The fourth-order valence-corrected chi connectivity index (χ4v) is 3.62. The Morgan fingerprint density at radius 2 is 2.07 bits per heavy atom. The van der Waals surface area contributed by atoms with E-state index in [0.717, 1.165) is 17.9 Å². The minimum atomic E-state index is -0.165. The van der Waals surface area contributed by atoms with Crippen LogP contribution >= 0.6 is 0 Å². The lowest BCUT2D eigenvalue weighted by molar-refractivity contribution is 0.0952. The third-order valence-corrected chi connectivity index (χ3v) is 5.13. The third-order valence-electron chi connectivity index (χ3n) is 5.13. The zero-order valence-corrected chi connectivity index (χ0v) is 15.3. The topological polar surface area (TPSA) is 68.5 Å². The van der Waals surface area contributed by atoms with Gasteiger partial charge in [-0.25, -0.2) is 0 Å². The van der Waals surface area contributed by atoms with Crippen LogP contribution in [-0.4, -0.2) is 27.1 Å². The van der Waals surface area contributed by atoms with Crippen molar-refractivity contribution in [2.75, 3.05) is 6.61 Å². The van der Waals surface area contributed by atoms with Crippen molar-refractivity contribution in [2.24, 2.45) is 5.92 Å². The molecular formula is C21H24N4O2. The molecule has 27 heavy (non-hydrogen) atoms. The van der Waals surface area contributed by atoms with Crippen LogP contribution in [-0.2, 0) is 6.54 Å². The number of carbonyl (C=O) groups excluding carboxylic acids is 1. The van der Waals surface area contributed by atoms with Crippen LogP contribution in [0.3, 0.4) is 0 Å². The van der Waals surface area contributed by atoms with Gasteiger partial charge in [0.1, 0.15) is 12.1 Å². The summed E-state index contributed by atoms with van der Waals surface area (Å²) in [7, 11) is 0. The molecule has 140 valence electrons. The predicted molar refractivity (Wildman–Crippen MR) is 103 cm³/mol. The van der Waals surface area contributed by atoms with Crippen molar-refractivity contribution in [3.05, 3.63) is 60.0 Å². The molecule has 0 unspecified atom stereocenters. The Morgan fingerprint density at radius 3 is 2.96 bits per heavy atom. The summed E-state index contributed by atoms with van der Waals surface area (Å²) in [6, 6.07) is 11.5. The van der Waals surface area contributed by atoms with Crippen molar-refractivity contribution < 1.29 is 9.53 Å². The number of hydrogen-bond acceptors (Lipinski definition) is 4. The lowest BCUT2D eigenvalue weighted by Crippen LogP contribution is -2.23. The van der Waals surface area contributed by atoms with Crippen molar-refractivity contribution >= 4 is 11.6 Å². The van der Waals surface area contributed by atoms with Gasteiger partial charge < -0.3 is 10.1 Å². The first kappa shape index (κ1) is 17.5. The molecule has 3 aromatic rings. The van der Waals surface area contributed by atoms with Crippen molar-refractivity contribution in [1.82, 2.24) is 19.9 Å². The lowest BCUT2D eigenvalue weighted by atomic mass is 9.90. The fraction of sp³-hybridized carbons (Fsp3) is 0.381. The minimum absolute atomic E-state index is 0.165. The largest absolute Gasteiger partial charge is 0.493 e. The van der Waals surface area contributed by atoms with Crippen LogP contribution in [0.15, 0.2) is 48.9 Å². The molecule has 0 aliphatic heterocycles. The summed E-state index contributed by atoms with van der Waals surface area (Å²) in [6.45, 7) is 1.22. The number of fused-ring (bicyclic) bond motifs is 1. The van der Waals surface area contributed by atoms with Crippen molar-refractivity contribution in [3.63, 3.8) is 0 Å². The van der Waals surface area contributed by atoms with Crippen LogP contribution in [0.2, 0.25) is 0 Å². The van der Waals surface area contributed by atoms with Crippen molar-refractivity contribution in [1.29, 1.82) is 0 Å². The molecule has 1 amide bonds. The lowest BCUT2D eigenvalue weighted by Gasteiger charge is -2.21. The second-order valence-corrected chi connectivity index (χ2v) is 7.13. The van der Waals surface area contributed by atoms with Gasteiger partial charge in [0.15, 0.2) is 5.65 Å². The van der Waals surface area contributed by atoms with Gasteiger partial charge in [-0.3, -0.25) is 9.20 Å². The average Bonchev–Trinajstić information content (AvgIpc) is 3.20. The second kappa shape index (κ2) is 8.20. The first-order valence-electron chi connectivity index (χ1n) is 9.58. The molecule has 2 aromatic heterocycles. The second-order valence-electron chi connectivity index (χ2n) is 7.13. The van der Waals surface area contributed by atoms with Crippen LogP contribution in [0.4, 0.5) is 0 Å². The number of benzene rings is 1. The highest BCUT2D eigenvalue weighted by molar-refractivity contribution is 5.99. The van der Waals surface area contributed by atoms with Gasteiger partial charge in [0.25, 0.3) is 5.91 Å². The number of aromatic nitrogens is 3. The fourth-order valence-electron chi connectivity index (χ4n) is 3.62. The zero-order chi connectivity index (χ0) is 18.5. The Morgan fingerprint density at radius 1 is 1.19 bits per heavy atom. The summed E-state index contributed by atoms with van der Waals surface area (Å²) in [5.41, 5.74) is 2.08. The molecule has 6 nitrogen and oxygen atoms in total. The van der Waals surface area contributed by atoms with E-state index in [1.54, 1.807) is 16.8 Å². The molecule has 0 bridgehead atoms. The number of nitrogens with zero attached hydrogens (tertiary/aromatic N) is 3. The van der Waals surface area contributed by atoms with E-state index in [2.05, 4.69) is 15.5 Å². The molecule has 0 saturated heterocycles. The SMILES string of the molecule is O=C(NCc1cccc(OCC2CCCCC2)c1)c1cccn2cnnc12.